The third-order valence-corrected chi connectivity index (χ3v) is 8.37. The molecular formula is C26H23Cl3F2N4O3S. The minimum absolute atomic E-state index is 0.0672. The Kier molecular flexibility index (Phi) is 9.23. The zero-order valence-corrected chi connectivity index (χ0v) is 23.7. The number of amides is 2. The van der Waals surface area contributed by atoms with Crippen LogP contribution in [0.25, 0.3) is 0 Å². The van der Waals surface area contributed by atoms with Crippen molar-refractivity contribution in [2.45, 2.75) is 34.7 Å². The van der Waals surface area contributed by atoms with Crippen LogP contribution in [0.5, 0.6) is 0 Å². The lowest BCUT2D eigenvalue weighted by atomic mass is 10.1. The molecule has 13 heteroatoms. The Labute approximate surface area is 242 Å². The molecule has 0 bridgehead atoms. The van der Waals surface area contributed by atoms with E-state index in [-0.39, 0.29) is 33.6 Å². The summed E-state index contributed by atoms with van der Waals surface area (Å²) in [6.07, 6.45) is 1.51. The lowest BCUT2D eigenvalue weighted by molar-refractivity contribution is -0.107. The van der Waals surface area contributed by atoms with Crippen molar-refractivity contribution < 1.29 is 18.4 Å². The topological polar surface area (TPSA) is 85.5 Å². The van der Waals surface area contributed by atoms with Gasteiger partial charge in [0.2, 0.25) is 6.41 Å². The molecule has 2 amide bonds. The van der Waals surface area contributed by atoms with Crippen molar-refractivity contribution in [2.75, 3.05) is 25.0 Å². The molecule has 0 aliphatic carbocycles. The van der Waals surface area contributed by atoms with Gasteiger partial charge in [0.25, 0.3) is 11.5 Å². The van der Waals surface area contributed by atoms with Crippen molar-refractivity contribution in [1.82, 2.24) is 15.2 Å². The van der Waals surface area contributed by atoms with E-state index in [1.165, 1.54) is 4.90 Å². The summed E-state index contributed by atoms with van der Waals surface area (Å²) in [6, 6.07) is 11.1. The highest BCUT2D eigenvalue weighted by atomic mass is 35.5. The fraction of sp³-hybridized carbons (Fsp3) is 0.269. The Morgan fingerprint density at radius 2 is 1.87 bits per heavy atom. The molecule has 1 aliphatic rings. The van der Waals surface area contributed by atoms with Gasteiger partial charge in [-0.15, -0.1) is 0 Å². The Morgan fingerprint density at radius 3 is 2.51 bits per heavy atom. The highest BCUT2D eigenvalue weighted by molar-refractivity contribution is 7.99. The molecule has 0 fully saturated rings. The lowest BCUT2D eigenvalue weighted by Gasteiger charge is -2.19. The number of alkyl halides is 3. The largest absolute Gasteiger partial charge is 0.362 e. The minimum atomic E-state index is -3.88. The van der Waals surface area contributed by atoms with Gasteiger partial charge in [0.05, 0.1) is 10.0 Å². The predicted octanol–water partition coefficient (Wildman–Crippen LogP) is 5.85. The van der Waals surface area contributed by atoms with Crippen LogP contribution in [0.4, 0.5) is 14.5 Å². The summed E-state index contributed by atoms with van der Waals surface area (Å²) in [5, 5.41) is -0.395. The zero-order chi connectivity index (χ0) is 28.3. The van der Waals surface area contributed by atoms with Crippen LogP contribution in [0.2, 0.25) is 10.0 Å². The molecule has 1 aromatic heterocycles. The molecule has 0 atom stereocenters. The summed E-state index contributed by atoms with van der Waals surface area (Å²) in [5.41, 5.74) is 0.122. The van der Waals surface area contributed by atoms with E-state index >= 15 is 0 Å². The van der Waals surface area contributed by atoms with E-state index in [9.17, 15) is 23.2 Å². The molecule has 0 saturated heterocycles. The number of aromatic nitrogens is 1. The summed E-state index contributed by atoms with van der Waals surface area (Å²) < 4.78 is 27.9. The number of carbonyl (C=O) groups excluding carboxylic acids is 2. The summed E-state index contributed by atoms with van der Waals surface area (Å²) in [7, 11) is 1.83. The first-order chi connectivity index (χ1) is 18.5. The molecule has 2 aromatic carbocycles. The Hall–Kier alpha value is -2.63. The van der Waals surface area contributed by atoms with Gasteiger partial charge in [0, 0.05) is 35.1 Å². The highest BCUT2D eigenvalue weighted by Crippen LogP contribution is 2.41. The second-order valence-electron chi connectivity index (χ2n) is 8.77. The van der Waals surface area contributed by atoms with Crippen molar-refractivity contribution >= 4 is 64.6 Å². The number of halogens is 5. The van der Waals surface area contributed by atoms with Gasteiger partial charge in [0.15, 0.2) is 0 Å². The third kappa shape index (κ3) is 6.58. The molecule has 206 valence electrons. The smallest absolute Gasteiger partial charge is 0.330 e. The number of H-pyrrole nitrogens is 1. The molecule has 0 spiro atoms. The van der Waals surface area contributed by atoms with Crippen LogP contribution in [0, 0.1) is 0 Å². The second-order valence-corrected chi connectivity index (χ2v) is 11.1. The Bertz CT molecular complexity index is 1450. The molecule has 0 unspecified atom stereocenters. The molecule has 4 rings (SSSR count). The van der Waals surface area contributed by atoms with E-state index < -0.39 is 22.5 Å². The lowest BCUT2D eigenvalue weighted by Crippen LogP contribution is -2.32. The highest BCUT2D eigenvalue weighted by Gasteiger charge is 2.34. The number of aromatic amines is 1. The molecule has 0 saturated carbocycles. The van der Waals surface area contributed by atoms with Crippen LogP contribution in [0.1, 0.15) is 33.6 Å². The van der Waals surface area contributed by atoms with Crippen LogP contribution in [-0.4, -0.2) is 42.3 Å². The maximum Gasteiger partial charge on any atom is 0.362 e. The van der Waals surface area contributed by atoms with Gasteiger partial charge in [-0.05, 0) is 73.1 Å². The van der Waals surface area contributed by atoms with E-state index in [4.69, 9.17) is 34.8 Å². The normalized spacial score (nSPS) is 12.9. The van der Waals surface area contributed by atoms with Crippen LogP contribution >= 0.6 is 46.6 Å². The van der Waals surface area contributed by atoms with Crippen molar-refractivity contribution in [3.63, 3.8) is 0 Å². The van der Waals surface area contributed by atoms with E-state index in [0.717, 1.165) is 48.3 Å². The molecule has 2 heterocycles. The standard InChI is InChI=1S/C26H23Cl3F2N4O3S/c1-32-8-3-9-34(14-36)17-7-6-15-12-35(13-16(15)10-17)25(38)22-20(11-21(26(29,30)31)33-24(22)37)39-23-18(27)4-2-5-19(23)28/h2,4-7,10-11,14,32H,3,8-9,12-13H2,1H3,(H,33,37). The maximum atomic E-state index is 14.0. The van der Waals surface area contributed by atoms with Crippen LogP contribution in [0.3, 0.4) is 0 Å². The fourth-order valence-corrected chi connectivity index (χ4v) is 5.93. The van der Waals surface area contributed by atoms with Crippen molar-refractivity contribution in [3.8, 4) is 0 Å². The molecular weight excluding hydrogens is 593 g/mol. The first kappa shape index (κ1) is 29.4. The van der Waals surface area contributed by atoms with Gasteiger partial charge in [-0.3, -0.25) is 14.4 Å². The van der Waals surface area contributed by atoms with Crippen molar-refractivity contribution in [3.05, 3.63) is 85.2 Å². The quantitative estimate of drug-likeness (QED) is 0.170. The average molecular weight is 616 g/mol. The molecule has 7 nitrogen and oxygen atoms in total. The number of nitrogens with one attached hydrogen (secondary N) is 2. The molecule has 39 heavy (non-hydrogen) atoms. The molecule has 0 radical (unpaired) electrons. The number of nitrogens with zero attached hydrogens (tertiary/aromatic N) is 2. The summed E-state index contributed by atoms with van der Waals surface area (Å²) in [6.45, 7) is 1.62. The van der Waals surface area contributed by atoms with Crippen molar-refractivity contribution in [1.29, 1.82) is 0 Å². The molecule has 3 aromatic rings. The van der Waals surface area contributed by atoms with Gasteiger partial charge in [-0.1, -0.05) is 47.1 Å². The number of hydrogen-bond acceptors (Lipinski definition) is 5. The molecule has 2 N–H and O–H groups in total. The van der Waals surface area contributed by atoms with Crippen LogP contribution in [-0.2, 0) is 23.3 Å². The summed E-state index contributed by atoms with van der Waals surface area (Å²) >= 11 is 18.6. The minimum Gasteiger partial charge on any atom is -0.330 e. The zero-order valence-electron chi connectivity index (χ0n) is 20.6. The average Bonchev–Trinajstić information content (AvgIpc) is 3.31. The fourth-order valence-electron chi connectivity index (χ4n) is 4.19. The molecule has 1 aliphatic heterocycles. The van der Waals surface area contributed by atoms with E-state index in [0.29, 0.717) is 17.1 Å². The second kappa shape index (κ2) is 12.3. The Morgan fingerprint density at radius 1 is 1.18 bits per heavy atom. The summed E-state index contributed by atoms with van der Waals surface area (Å²) in [4.78, 5) is 43.6. The van der Waals surface area contributed by atoms with Crippen molar-refractivity contribution in [2.24, 2.45) is 0 Å². The first-order valence-electron chi connectivity index (χ1n) is 11.8. The number of pyridine rings is 1. The van der Waals surface area contributed by atoms with Crippen LogP contribution < -0.4 is 15.8 Å². The van der Waals surface area contributed by atoms with Gasteiger partial charge >= 0.3 is 5.38 Å². The summed E-state index contributed by atoms with van der Waals surface area (Å²) in [5.74, 6) is -0.662. The van der Waals surface area contributed by atoms with E-state index in [1.54, 1.807) is 29.2 Å². The Balaban J connectivity index is 1.67. The number of fused-ring (bicyclic) bond motifs is 1. The first-order valence-corrected chi connectivity index (χ1v) is 13.7. The van der Waals surface area contributed by atoms with Gasteiger partial charge in [0.1, 0.15) is 11.3 Å². The van der Waals surface area contributed by atoms with Gasteiger partial charge in [-0.25, -0.2) is 0 Å². The number of benzene rings is 2. The number of anilines is 1. The predicted molar refractivity (Wildman–Crippen MR) is 149 cm³/mol. The van der Waals surface area contributed by atoms with Gasteiger partial charge < -0.3 is 20.1 Å². The van der Waals surface area contributed by atoms with Crippen LogP contribution in [0.15, 0.2) is 57.1 Å². The van der Waals surface area contributed by atoms with E-state index in [2.05, 4.69) is 5.32 Å². The maximum absolute atomic E-state index is 14.0. The van der Waals surface area contributed by atoms with E-state index in [1.807, 2.05) is 24.2 Å². The third-order valence-electron chi connectivity index (χ3n) is 6.13. The SMILES string of the molecule is CNCCCN(C=O)c1ccc2c(c1)CN(C(=O)c1c(Sc3c(Cl)cccc3Cl)cc(C(F)(F)Cl)[nH]c1=O)C2. The monoisotopic (exact) mass is 614 g/mol. The number of carbonyl (C=O) groups is 2. The number of hydrogen-bond donors (Lipinski definition) is 2. The van der Waals surface area contributed by atoms with Gasteiger partial charge in [-0.2, -0.15) is 8.78 Å². The number of rotatable bonds is 10.